The smallest absolute Gasteiger partial charge is 0.410 e. The van der Waals surface area contributed by atoms with E-state index in [-0.39, 0.29) is 24.5 Å². The highest BCUT2D eigenvalue weighted by Gasteiger charge is 2.36. The van der Waals surface area contributed by atoms with Crippen LogP contribution < -0.4 is 10.3 Å². The zero-order valence-electron chi connectivity index (χ0n) is 17.2. The Bertz CT molecular complexity index is 683. The number of rotatable bonds is 3. The van der Waals surface area contributed by atoms with Gasteiger partial charge in [-0.1, -0.05) is 0 Å². The van der Waals surface area contributed by atoms with E-state index < -0.39 is 11.7 Å². The second-order valence-electron chi connectivity index (χ2n) is 8.57. The summed E-state index contributed by atoms with van der Waals surface area (Å²) in [6.07, 6.45) is 5.09. The van der Waals surface area contributed by atoms with Gasteiger partial charge in [0.2, 0.25) is 0 Å². The van der Waals surface area contributed by atoms with Crippen LogP contribution in [0.4, 0.5) is 10.5 Å². The predicted molar refractivity (Wildman–Crippen MR) is 107 cm³/mol. The van der Waals surface area contributed by atoms with E-state index in [9.17, 15) is 9.59 Å². The number of anilines is 1. The molecule has 3 rings (SSSR count). The number of hydrazine groups is 1. The van der Waals surface area contributed by atoms with Crippen LogP contribution in [-0.2, 0) is 9.53 Å². The van der Waals surface area contributed by atoms with Crippen LogP contribution in [0.3, 0.4) is 0 Å². The second-order valence-corrected chi connectivity index (χ2v) is 8.57. The fourth-order valence-corrected chi connectivity index (χ4v) is 3.63. The number of hydrogen-bond donors (Lipinski definition) is 1. The fourth-order valence-electron chi connectivity index (χ4n) is 3.63. The first-order valence-corrected chi connectivity index (χ1v) is 9.94. The van der Waals surface area contributed by atoms with Crippen molar-refractivity contribution >= 4 is 17.7 Å². The van der Waals surface area contributed by atoms with Crippen molar-refractivity contribution in [3.63, 3.8) is 0 Å². The Balaban J connectivity index is 1.51. The molecule has 0 radical (unpaired) electrons. The number of hydrogen-bond acceptors (Lipinski definition) is 6. The number of carbonyl (C=O) groups excluding carboxylic acids is 2. The highest BCUT2D eigenvalue weighted by molar-refractivity contribution is 5.83. The van der Waals surface area contributed by atoms with Crippen molar-refractivity contribution < 1.29 is 14.3 Å². The van der Waals surface area contributed by atoms with Crippen LogP contribution in [0.25, 0.3) is 0 Å². The largest absolute Gasteiger partial charge is 0.444 e. The van der Waals surface area contributed by atoms with E-state index in [1.807, 2.05) is 52.2 Å². The van der Waals surface area contributed by atoms with Crippen LogP contribution in [0.1, 0.15) is 40.5 Å². The van der Waals surface area contributed by atoms with Crippen LogP contribution in [0.2, 0.25) is 0 Å². The van der Waals surface area contributed by atoms with Gasteiger partial charge >= 0.3 is 6.09 Å². The van der Waals surface area contributed by atoms with Gasteiger partial charge in [0.15, 0.2) is 0 Å². The van der Waals surface area contributed by atoms with Gasteiger partial charge in [0.05, 0.1) is 6.04 Å². The van der Waals surface area contributed by atoms with Gasteiger partial charge in [-0.15, -0.1) is 0 Å². The molecule has 2 amide bonds. The third kappa shape index (κ3) is 5.13. The van der Waals surface area contributed by atoms with Gasteiger partial charge in [0.25, 0.3) is 5.91 Å². The van der Waals surface area contributed by atoms with E-state index in [2.05, 4.69) is 15.3 Å². The van der Waals surface area contributed by atoms with E-state index in [0.717, 1.165) is 25.9 Å². The zero-order chi connectivity index (χ0) is 20.3. The van der Waals surface area contributed by atoms with Crippen molar-refractivity contribution in [1.29, 1.82) is 0 Å². The summed E-state index contributed by atoms with van der Waals surface area (Å²) in [5.41, 5.74) is 4.02. The quantitative estimate of drug-likeness (QED) is 0.852. The average molecular weight is 390 g/mol. The van der Waals surface area contributed by atoms with Gasteiger partial charge in [-0.05, 0) is 52.7 Å². The molecule has 2 aliphatic heterocycles. The Labute approximate surface area is 166 Å². The molecular weight excluding hydrogens is 358 g/mol. The molecule has 1 aromatic heterocycles. The van der Waals surface area contributed by atoms with E-state index in [1.54, 1.807) is 5.01 Å². The summed E-state index contributed by atoms with van der Waals surface area (Å²) in [7, 11) is 0. The molecule has 2 aliphatic rings. The van der Waals surface area contributed by atoms with Gasteiger partial charge in [-0.3, -0.25) is 19.7 Å². The Morgan fingerprint density at radius 3 is 2.43 bits per heavy atom. The summed E-state index contributed by atoms with van der Waals surface area (Å²) in [6.45, 7) is 9.80. The molecule has 1 atom stereocenters. The van der Waals surface area contributed by atoms with Crippen LogP contribution in [0, 0.1) is 0 Å². The van der Waals surface area contributed by atoms with Crippen LogP contribution in [0.15, 0.2) is 24.5 Å². The Morgan fingerprint density at radius 1 is 1.21 bits per heavy atom. The second kappa shape index (κ2) is 8.34. The molecule has 154 valence electrons. The molecule has 3 heterocycles. The molecule has 0 aromatic carbocycles. The van der Waals surface area contributed by atoms with Crippen molar-refractivity contribution in [1.82, 2.24) is 20.3 Å². The number of piperazine rings is 1. The summed E-state index contributed by atoms with van der Waals surface area (Å²) >= 11 is 0. The maximum atomic E-state index is 12.6. The summed E-state index contributed by atoms with van der Waals surface area (Å²) in [5.74, 6) is -0.0961. The number of carbonyl (C=O) groups is 2. The van der Waals surface area contributed by atoms with Crippen molar-refractivity contribution in [2.45, 2.75) is 58.2 Å². The van der Waals surface area contributed by atoms with Crippen molar-refractivity contribution in [2.75, 3.05) is 31.1 Å². The Morgan fingerprint density at radius 2 is 1.86 bits per heavy atom. The molecule has 0 unspecified atom stereocenters. The minimum absolute atomic E-state index is 0.0438. The number of nitrogens with zero attached hydrogens (tertiary/aromatic N) is 4. The van der Waals surface area contributed by atoms with Gasteiger partial charge in [-0.25, -0.2) is 10.2 Å². The molecule has 28 heavy (non-hydrogen) atoms. The molecule has 0 spiro atoms. The minimum Gasteiger partial charge on any atom is -0.444 e. The molecule has 8 nitrogen and oxygen atoms in total. The Hall–Kier alpha value is -2.35. The Kier molecular flexibility index (Phi) is 6.07. The molecule has 0 aliphatic carbocycles. The summed E-state index contributed by atoms with van der Waals surface area (Å²) < 4.78 is 5.40. The minimum atomic E-state index is -0.568. The number of pyridine rings is 1. The number of aromatic nitrogens is 1. The third-order valence-corrected chi connectivity index (χ3v) is 5.02. The first-order chi connectivity index (χ1) is 13.2. The molecule has 2 saturated heterocycles. The van der Waals surface area contributed by atoms with Gasteiger partial charge in [0, 0.05) is 43.8 Å². The van der Waals surface area contributed by atoms with E-state index in [4.69, 9.17) is 4.74 Å². The molecule has 8 heteroatoms. The summed E-state index contributed by atoms with van der Waals surface area (Å²) in [6, 6.07) is 4.19. The normalized spacial score (nSPS) is 21.8. The maximum absolute atomic E-state index is 12.6. The van der Waals surface area contributed by atoms with E-state index in [1.165, 1.54) is 10.6 Å². The highest BCUT2D eigenvalue weighted by atomic mass is 16.6. The zero-order valence-corrected chi connectivity index (χ0v) is 17.2. The molecule has 0 bridgehead atoms. The first kappa shape index (κ1) is 20.4. The number of ether oxygens (including phenoxy) is 1. The van der Waals surface area contributed by atoms with E-state index >= 15 is 0 Å². The lowest BCUT2D eigenvalue weighted by Gasteiger charge is -2.43. The molecule has 2 fully saturated rings. The lowest BCUT2D eigenvalue weighted by Crippen LogP contribution is -2.64. The fraction of sp³-hybridized carbons (Fsp3) is 0.650. The van der Waals surface area contributed by atoms with Crippen LogP contribution >= 0.6 is 0 Å². The van der Waals surface area contributed by atoms with Crippen molar-refractivity contribution in [3.8, 4) is 0 Å². The molecule has 0 saturated carbocycles. The monoisotopic (exact) mass is 389 g/mol. The van der Waals surface area contributed by atoms with Crippen molar-refractivity contribution in [2.24, 2.45) is 0 Å². The predicted octanol–water partition coefficient (Wildman–Crippen LogP) is 2.02. The lowest BCUT2D eigenvalue weighted by molar-refractivity contribution is -0.144. The summed E-state index contributed by atoms with van der Waals surface area (Å²) in [4.78, 5) is 32.8. The van der Waals surface area contributed by atoms with Crippen LogP contribution in [-0.4, -0.2) is 70.8 Å². The topological polar surface area (TPSA) is 78.0 Å². The lowest BCUT2D eigenvalue weighted by atomic mass is 10.0. The molecule has 1 aromatic rings. The third-order valence-electron chi connectivity index (χ3n) is 5.02. The van der Waals surface area contributed by atoms with E-state index in [0.29, 0.717) is 6.54 Å². The van der Waals surface area contributed by atoms with Gasteiger partial charge < -0.3 is 9.64 Å². The first-order valence-electron chi connectivity index (χ1n) is 9.94. The maximum Gasteiger partial charge on any atom is 0.410 e. The van der Waals surface area contributed by atoms with Crippen LogP contribution in [0.5, 0.6) is 0 Å². The van der Waals surface area contributed by atoms with Gasteiger partial charge in [0.1, 0.15) is 12.1 Å². The standard InChI is InChI=1S/C20H31N5O3/c1-15-13-24(19(27)28-20(2,3)4)14-18(26)25(15)22-16-7-11-23(12-8-16)17-5-9-21-10-6-17/h5-6,9-10,15-16,22H,7-8,11-14H2,1-4H3/t15-/m0/s1. The van der Waals surface area contributed by atoms with Crippen molar-refractivity contribution in [3.05, 3.63) is 24.5 Å². The molecule has 1 N–H and O–H groups in total. The van der Waals surface area contributed by atoms with Gasteiger partial charge in [-0.2, -0.15) is 0 Å². The number of piperidine rings is 1. The number of nitrogens with one attached hydrogen (secondary N) is 1. The SMILES string of the molecule is C[C@H]1CN(C(=O)OC(C)(C)C)CC(=O)N1NC1CCN(c2ccncc2)CC1. The average Bonchev–Trinajstić information content (AvgIpc) is 2.64. The highest BCUT2D eigenvalue weighted by Crippen LogP contribution is 2.20. The molecular formula is C20H31N5O3. The number of amides is 2. The summed E-state index contributed by atoms with van der Waals surface area (Å²) in [5, 5.41) is 1.70.